The molecule has 0 aromatic heterocycles. The summed E-state index contributed by atoms with van der Waals surface area (Å²) in [5, 5.41) is 2.62. The first kappa shape index (κ1) is 9.06. The minimum atomic E-state index is -0.835. The van der Waals surface area contributed by atoms with Gasteiger partial charge in [0.1, 0.15) is 0 Å². The molecule has 1 N–H and O–H groups in total. The molecule has 12 heavy (non-hydrogen) atoms. The van der Waals surface area contributed by atoms with Crippen molar-refractivity contribution >= 4 is 17.7 Å². The van der Waals surface area contributed by atoms with E-state index in [1.165, 1.54) is 17.6 Å². The van der Waals surface area contributed by atoms with E-state index in [-0.39, 0.29) is 12.1 Å². The van der Waals surface area contributed by atoms with Crippen LogP contribution in [0.25, 0.3) is 0 Å². The molecule has 1 aromatic rings. The van der Waals surface area contributed by atoms with Gasteiger partial charge in [-0.2, -0.15) is 0 Å². The van der Waals surface area contributed by atoms with Crippen LogP contribution in [-0.4, -0.2) is 5.49 Å². The summed E-state index contributed by atoms with van der Waals surface area (Å²) in [5.74, 6) is -1.65. The number of thiocarbonyl (C=S) groups is 1. The SMILES string of the molecule is Fc1cccc(CNC=S)c1F. The largest absolute Gasteiger partial charge is 0.378 e. The third kappa shape index (κ3) is 1.98. The lowest BCUT2D eigenvalue weighted by atomic mass is 10.2. The fourth-order valence-corrected chi connectivity index (χ4v) is 0.920. The molecule has 0 saturated heterocycles. The minimum absolute atomic E-state index is 0.215. The Morgan fingerprint density at radius 1 is 1.42 bits per heavy atom. The van der Waals surface area contributed by atoms with E-state index >= 15 is 0 Å². The highest BCUT2D eigenvalue weighted by Gasteiger charge is 2.05. The Bertz CT molecular complexity index is 288. The van der Waals surface area contributed by atoms with Gasteiger partial charge in [-0.25, -0.2) is 8.78 Å². The summed E-state index contributed by atoms with van der Waals surface area (Å²) in [4.78, 5) is 0. The van der Waals surface area contributed by atoms with Crippen molar-refractivity contribution in [3.05, 3.63) is 35.4 Å². The third-order valence-electron chi connectivity index (χ3n) is 1.41. The van der Waals surface area contributed by atoms with E-state index < -0.39 is 11.6 Å². The maximum Gasteiger partial charge on any atom is 0.163 e. The minimum Gasteiger partial charge on any atom is -0.378 e. The highest BCUT2D eigenvalue weighted by molar-refractivity contribution is 7.78. The summed E-state index contributed by atoms with van der Waals surface area (Å²) in [5.41, 5.74) is 1.54. The number of hydrogen-bond donors (Lipinski definition) is 1. The van der Waals surface area contributed by atoms with Crippen molar-refractivity contribution in [3.8, 4) is 0 Å². The standard InChI is InChI=1S/C8H7F2NS/c9-7-3-1-2-6(8(7)10)4-11-5-12/h1-3,5H,4H2,(H,11,12). The second-order valence-electron chi connectivity index (χ2n) is 2.21. The van der Waals surface area contributed by atoms with Gasteiger partial charge in [0.05, 0.1) is 5.49 Å². The lowest BCUT2D eigenvalue weighted by molar-refractivity contribution is 0.497. The Kier molecular flexibility index (Phi) is 3.10. The average molecular weight is 187 g/mol. The molecule has 0 radical (unpaired) electrons. The zero-order valence-corrected chi connectivity index (χ0v) is 7.00. The maximum atomic E-state index is 12.9. The predicted octanol–water partition coefficient (Wildman–Crippen LogP) is 2.01. The van der Waals surface area contributed by atoms with Gasteiger partial charge in [0.15, 0.2) is 11.6 Å². The summed E-state index contributed by atoms with van der Waals surface area (Å²) in [6, 6.07) is 4.04. The smallest absolute Gasteiger partial charge is 0.163 e. The van der Waals surface area contributed by atoms with Crippen LogP contribution in [0.3, 0.4) is 0 Å². The van der Waals surface area contributed by atoms with Crippen molar-refractivity contribution < 1.29 is 8.78 Å². The average Bonchev–Trinajstić information content (AvgIpc) is 2.08. The van der Waals surface area contributed by atoms with E-state index in [9.17, 15) is 8.78 Å². The second-order valence-corrected chi connectivity index (χ2v) is 2.45. The van der Waals surface area contributed by atoms with Crippen LogP contribution in [0.4, 0.5) is 8.78 Å². The van der Waals surface area contributed by atoms with Crippen LogP contribution in [0.1, 0.15) is 5.56 Å². The number of benzene rings is 1. The van der Waals surface area contributed by atoms with Crippen LogP contribution < -0.4 is 5.32 Å². The van der Waals surface area contributed by atoms with Crippen molar-refractivity contribution in [3.63, 3.8) is 0 Å². The van der Waals surface area contributed by atoms with Crippen LogP contribution in [0, 0.1) is 11.6 Å². The molecule has 0 aliphatic rings. The molecule has 0 saturated carbocycles. The molecule has 0 unspecified atom stereocenters. The highest BCUT2D eigenvalue weighted by atomic mass is 32.1. The second kappa shape index (κ2) is 4.11. The maximum absolute atomic E-state index is 12.9. The van der Waals surface area contributed by atoms with Crippen LogP contribution in [0.2, 0.25) is 0 Å². The summed E-state index contributed by atoms with van der Waals surface area (Å²) in [6.45, 7) is 0.215. The van der Waals surface area contributed by atoms with Crippen molar-refractivity contribution in [2.75, 3.05) is 0 Å². The van der Waals surface area contributed by atoms with E-state index in [0.717, 1.165) is 6.07 Å². The monoisotopic (exact) mass is 187 g/mol. The summed E-state index contributed by atoms with van der Waals surface area (Å²) < 4.78 is 25.4. The van der Waals surface area contributed by atoms with Crippen LogP contribution in [0.15, 0.2) is 18.2 Å². The molecule has 4 heteroatoms. The van der Waals surface area contributed by atoms with E-state index in [0.29, 0.717) is 0 Å². The lowest BCUT2D eigenvalue weighted by Crippen LogP contribution is -2.10. The zero-order valence-electron chi connectivity index (χ0n) is 6.18. The molecule has 64 valence electrons. The first-order chi connectivity index (χ1) is 5.75. The summed E-state index contributed by atoms with van der Waals surface area (Å²) >= 11 is 4.47. The van der Waals surface area contributed by atoms with Crippen LogP contribution in [-0.2, 0) is 6.54 Å². The molecular formula is C8H7F2NS. The third-order valence-corrected chi connectivity index (χ3v) is 1.57. The Balaban J connectivity index is 2.84. The van der Waals surface area contributed by atoms with Crippen molar-refractivity contribution in [1.29, 1.82) is 0 Å². The van der Waals surface area contributed by atoms with Gasteiger partial charge in [0.2, 0.25) is 0 Å². The molecule has 1 aromatic carbocycles. The Morgan fingerprint density at radius 2 is 2.17 bits per heavy atom. The molecule has 1 rings (SSSR count). The zero-order chi connectivity index (χ0) is 8.97. The van der Waals surface area contributed by atoms with Gasteiger partial charge in [-0.3, -0.25) is 0 Å². The molecule has 0 atom stereocenters. The quantitative estimate of drug-likeness (QED) is 0.726. The number of hydrogen-bond acceptors (Lipinski definition) is 1. The normalized spacial score (nSPS) is 9.50. The van der Waals surface area contributed by atoms with Gasteiger partial charge >= 0.3 is 0 Å². The van der Waals surface area contributed by atoms with E-state index in [4.69, 9.17) is 0 Å². The molecule has 0 bridgehead atoms. The fraction of sp³-hybridized carbons (Fsp3) is 0.125. The van der Waals surface area contributed by atoms with Gasteiger partial charge in [-0.15, -0.1) is 0 Å². The highest BCUT2D eigenvalue weighted by Crippen LogP contribution is 2.10. The van der Waals surface area contributed by atoms with Gasteiger partial charge < -0.3 is 5.32 Å². The topological polar surface area (TPSA) is 12.0 Å². The van der Waals surface area contributed by atoms with E-state index in [1.54, 1.807) is 0 Å². The van der Waals surface area contributed by atoms with Crippen LogP contribution in [0.5, 0.6) is 0 Å². The van der Waals surface area contributed by atoms with Gasteiger partial charge in [-0.05, 0) is 6.07 Å². The van der Waals surface area contributed by atoms with Gasteiger partial charge in [0.25, 0.3) is 0 Å². The lowest BCUT2D eigenvalue weighted by Gasteiger charge is -2.02. The Hall–Kier alpha value is -1.03. The molecule has 0 aliphatic carbocycles. The molecular weight excluding hydrogens is 180 g/mol. The van der Waals surface area contributed by atoms with Crippen LogP contribution >= 0.6 is 12.2 Å². The molecule has 0 heterocycles. The van der Waals surface area contributed by atoms with Crippen molar-refractivity contribution in [2.24, 2.45) is 0 Å². The summed E-state index contributed by atoms with van der Waals surface area (Å²) in [7, 11) is 0. The van der Waals surface area contributed by atoms with E-state index in [2.05, 4.69) is 17.5 Å². The number of nitrogens with one attached hydrogen (secondary N) is 1. The van der Waals surface area contributed by atoms with Gasteiger partial charge in [-0.1, -0.05) is 24.4 Å². The Morgan fingerprint density at radius 3 is 2.83 bits per heavy atom. The van der Waals surface area contributed by atoms with Gasteiger partial charge in [0, 0.05) is 12.1 Å². The van der Waals surface area contributed by atoms with E-state index in [1.807, 2.05) is 0 Å². The number of rotatable bonds is 3. The summed E-state index contributed by atoms with van der Waals surface area (Å²) in [6.07, 6.45) is 0. The molecule has 0 amide bonds. The molecule has 1 nitrogen and oxygen atoms in total. The molecule has 0 spiro atoms. The number of halogens is 2. The Labute approximate surface area is 74.4 Å². The predicted molar refractivity (Wildman–Crippen MR) is 46.9 cm³/mol. The van der Waals surface area contributed by atoms with Crippen molar-refractivity contribution in [1.82, 2.24) is 5.32 Å². The molecule has 0 aliphatic heterocycles. The fourth-order valence-electron chi connectivity index (χ4n) is 0.837. The first-order valence-corrected chi connectivity index (χ1v) is 3.82. The van der Waals surface area contributed by atoms with Crippen molar-refractivity contribution in [2.45, 2.75) is 6.54 Å². The first-order valence-electron chi connectivity index (χ1n) is 3.35. The molecule has 0 fully saturated rings.